The monoisotopic (exact) mass is 1210 g/mol. The lowest BCUT2D eigenvalue weighted by Crippen LogP contribution is -2.61. The summed E-state index contributed by atoms with van der Waals surface area (Å²) in [4.78, 5) is 22.6. The lowest BCUT2D eigenvalue weighted by atomic mass is 9.33. The molecule has 0 amide bonds. The highest BCUT2D eigenvalue weighted by Crippen LogP contribution is 2.50. The first-order valence-corrected chi connectivity index (χ1v) is 33.9. The topological polar surface area (TPSA) is 45.2 Å². The van der Waals surface area contributed by atoms with Crippen LogP contribution in [0.15, 0.2) is 121 Å². The van der Waals surface area contributed by atoms with Crippen molar-refractivity contribution in [2.75, 3.05) is 9.80 Å². The summed E-state index contributed by atoms with van der Waals surface area (Å²) in [6.07, 6.45) is 0. The van der Waals surface area contributed by atoms with Gasteiger partial charge in [0, 0.05) is 50.8 Å². The average molecular weight is 1210 g/mol. The van der Waals surface area contributed by atoms with Crippen LogP contribution < -0.4 is 26.2 Å². The molecule has 0 N–H and O–H groups in total. The van der Waals surface area contributed by atoms with E-state index >= 15 is 0 Å². The second-order valence-corrected chi connectivity index (χ2v) is 37.5. The molecule has 2 aliphatic rings. The Morgan fingerprint density at radius 1 is 0.231 bits per heavy atom. The Bertz CT molecular complexity index is 3770. The quantitative estimate of drug-likeness (QED) is 0.161. The summed E-state index contributed by atoms with van der Waals surface area (Å²) in [7, 11) is 0. The summed E-state index contributed by atoms with van der Waals surface area (Å²) in [5, 5.41) is 0. The molecule has 0 bridgehead atoms. The smallest absolute Gasteiger partial charge is 0.252 e. The van der Waals surface area contributed by atoms with Crippen LogP contribution in [0.1, 0.15) is 263 Å². The third-order valence-corrected chi connectivity index (χ3v) is 19.4. The van der Waals surface area contributed by atoms with Crippen LogP contribution in [0.4, 0.5) is 34.1 Å². The average Bonchev–Trinajstić information content (AvgIpc) is 0.693. The van der Waals surface area contributed by atoms with Crippen molar-refractivity contribution in [3.8, 4) is 34.2 Å². The van der Waals surface area contributed by atoms with Gasteiger partial charge in [0.25, 0.3) is 6.71 Å². The Balaban J connectivity index is 1.45. The number of fused-ring (bicyclic) bond motifs is 4. The van der Waals surface area contributed by atoms with Gasteiger partial charge in [0.05, 0.1) is 0 Å². The van der Waals surface area contributed by atoms with Crippen LogP contribution in [0.2, 0.25) is 0 Å². The van der Waals surface area contributed by atoms with Crippen LogP contribution in [0.25, 0.3) is 34.2 Å². The molecule has 6 heteroatoms. The van der Waals surface area contributed by atoms with Crippen LogP contribution in [-0.2, 0) is 54.1 Å². The van der Waals surface area contributed by atoms with E-state index in [1.807, 2.05) is 0 Å². The number of rotatable bonds is 5. The fourth-order valence-corrected chi connectivity index (χ4v) is 12.8. The first kappa shape index (κ1) is 67.1. The Kier molecular flexibility index (Phi) is 16.2. The molecular weight excluding hydrogens is 1100 g/mol. The van der Waals surface area contributed by atoms with Gasteiger partial charge in [-0.05, 0) is 199 Å². The summed E-state index contributed by atoms with van der Waals surface area (Å²) in [5.41, 5.74) is 25.2. The molecule has 91 heavy (non-hydrogen) atoms. The second kappa shape index (κ2) is 21.9. The molecule has 0 aliphatic carbocycles. The molecule has 0 unspecified atom stereocenters. The first-order chi connectivity index (χ1) is 41.4. The zero-order chi connectivity index (χ0) is 67.4. The Morgan fingerprint density at radius 3 is 0.681 bits per heavy atom. The van der Waals surface area contributed by atoms with Gasteiger partial charge in [-0.1, -0.05) is 256 Å². The zero-order valence-corrected chi connectivity index (χ0v) is 61.9. The van der Waals surface area contributed by atoms with Crippen LogP contribution in [0, 0.1) is 0 Å². The molecule has 0 saturated heterocycles. The van der Waals surface area contributed by atoms with Gasteiger partial charge in [0.1, 0.15) is 0 Å². The molecule has 0 saturated carbocycles. The van der Waals surface area contributed by atoms with Crippen molar-refractivity contribution < 1.29 is 0 Å². The van der Waals surface area contributed by atoms with E-state index in [2.05, 4.69) is 339 Å². The number of hydrogen-bond donors (Lipinski definition) is 0. The lowest BCUT2D eigenvalue weighted by Gasteiger charge is -2.45. The number of nitrogens with zero attached hydrogens (tertiary/aromatic N) is 5. The predicted molar refractivity (Wildman–Crippen MR) is 397 cm³/mol. The summed E-state index contributed by atoms with van der Waals surface area (Å²) < 4.78 is 0. The van der Waals surface area contributed by atoms with Gasteiger partial charge in [0.15, 0.2) is 17.5 Å². The van der Waals surface area contributed by atoms with Crippen molar-refractivity contribution in [2.45, 2.75) is 262 Å². The van der Waals surface area contributed by atoms with E-state index in [9.17, 15) is 0 Å². The normalized spacial score (nSPS) is 14.4. The van der Waals surface area contributed by atoms with Gasteiger partial charge in [-0.25, -0.2) is 15.0 Å². The van der Waals surface area contributed by atoms with E-state index in [1.54, 1.807) is 0 Å². The van der Waals surface area contributed by atoms with Gasteiger partial charge in [-0.2, -0.15) is 0 Å². The Morgan fingerprint density at radius 2 is 0.451 bits per heavy atom. The van der Waals surface area contributed by atoms with E-state index in [0.29, 0.717) is 17.5 Å². The summed E-state index contributed by atoms with van der Waals surface area (Å²) in [6.45, 7) is 70.0. The molecule has 0 atom stereocenters. The van der Waals surface area contributed by atoms with Gasteiger partial charge in [-0.15, -0.1) is 0 Å². The van der Waals surface area contributed by atoms with Crippen molar-refractivity contribution in [1.82, 2.24) is 15.0 Å². The zero-order valence-electron chi connectivity index (χ0n) is 61.9. The molecule has 1 aromatic heterocycles. The molecule has 10 rings (SSSR count). The maximum absolute atomic E-state index is 5.84. The van der Waals surface area contributed by atoms with E-state index in [-0.39, 0.29) is 60.9 Å². The fraction of sp³-hybridized carbons (Fsp3) is 0.471. The Hall–Kier alpha value is -6.79. The van der Waals surface area contributed by atoms with Crippen LogP contribution in [0.3, 0.4) is 0 Å². The van der Waals surface area contributed by atoms with Gasteiger partial charge in [0.2, 0.25) is 0 Å². The van der Waals surface area contributed by atoms with E-state index in [0.717, 1.165) is 39.4 Å². The predicted octanol–water partition coefficient (Wildman–Crippen LogP) is 21.9. The van der Waals surface area contributed by atoms with E-state index in [1.165, 1.54) is 83.4 Å². The third-order valence-electron chi connectivity index (χ3n) is 19.4. The minimum Gasteiger partial charge on any atom is -0.311 e. The van der Waals surface area contributed by atoms with Crippen molar-refractivity contribution in [3.05, 3.63) is 177 Å². The second-order valence-electron chi connectivity index (χ2n) is 37.5. The van der Waals surface area contributed by atoms with E-state index < -0.39 is 0 Å². The number of hydrogen-bond acceptors (Lipinski definition) is 5. The van der Waals surface area contributed by atoms with E-state index in [4.69, 9.17) is 15.0 Å². The highest BCUT2D eigenvalue weighted by molar-refractivity contribution is 7.00. The standard InChI is InChI=1S/C85H110BN5/c1-76(2,3)54-31-33-68-66(49-54)86-67-50-55(77(4,5)6)32-34-69(67)91(65-47-62(84(25,26)27)44-63(48-65)85(28,29)30)71-40-53(39-70(72(71)86)90(68)64-45-60(82(19,20)21)43-61(46-64)83(22,23)24)75-88-73(51-35-56(78(7,8)9)41-57(36-51)79(10,11)12)87-74(89-75)52-37-58(80(13,14)15)42-59(38-52)81(16,17)18/h31-50H,1-30H3. The molecule has 8 aromatic rings. The van der Waals surface area contributed by atoms with Crippen molar-refractivity contribution in [2.24, 2.45) is 0 Å². The summed E-state index contributed by atoms with van der Waals surface area (Å²) in [6, 6.07) is 48.7. The largest absolute Gasteiger partial charge is 0.311 e. The van der Waals surface area contributed by atoms with Crippen LogP contribution >= 0.6 is 0 Å². The minimum absolute atomic E-state index is 0.111. The highest BCUT2D eigenvalue weighted by Gasteiger charge is 2.46. The molecular formula is C85H110BN5. The maximum atomic E-state index is 5.84. The van der Waals surface area contributed by atoms with Crippen LogP contribution in [0.5, 0.6) is 0 Å². The molecule has 0 spiro atoms. The molecule has 7 aromatic carbocycles. The number of anilines is 6. The maximum Gasteiger partial charge on any atom is 0.252 e. The number of aromatic nitrogens is 3. The van der Waals surface area contributed by atoms with Gasteiger partial charge in [-0.3, -0.25) is 0 Å². The molecule has 5 nitrogen and oxygen atoms in total. The lowest BCUT2D eigenvalue weighted by molar-refractivity contribution is 0.568. The first-order valence-electron chi connectivity index (χ1n) is 33.9. The number of benzene rings is 7. The summed E-state index contributed by atoms with van der Waals surface area (Å²) in [5.74, 6) is 1.95. The SMILES string of the molecule is CC(C)(C)c1cc(-c2nc(-c3cc(C(C)(C)C)cc(C(C)(C)C)c3)nc(-c3cc4c5c(c3)N(c3cc(C(C)(C)C)cc(C(C)(C)C)c3)c3ccc(C(C)(C)C)cc3B5c3cc(C(C)(C)C)ccc3N4c3cc(C(C)(C)C)cc(C(C)(C)C)c3)n2)cc(C(C)(C)C)c1. The highest BCUT2D eigenvalue weighted by atomic mass is 15.2. The van der Waals surface area contributed by atoms with Crippen molar-refractivity contribution >= 4 is 57.2 Å². The molecule has 3 heterocycles. The third kappa shape index (κ3) is 13.3. The van der Waals surface area contributed by atoms with Crippen molar-refractivity contribution in [1.29, 1.82) is 0 Å². The summed E-state index contributed by atoms with van der Waals surface area (Å²) >= 11 is 0. The molecule has 2 aliphatic heterocycles. The Labute approximate surface area is 551 Å². The van der Waals surface area contributed by atoms with Crippen molar-refractivity contribution in [3.63, 3.8) is 0 Å². The van der Waals surface area contributed by atoms with Gasteiger partial charge < -0.3 is 9.80 Å². The minimum atomic E-state index is -0.136. The molecule has 0 fully saturated rings. The fourth-order valence-electron chi connectivity index (χ4n) is 12.8. The van der Waals surface area contributed by atoms with Gasteiger partial charge >= 0.3 is 0 Å². The molecule has 478 valence electrons. The van der Waals surface area contributed by atoms with Crippen LogP contribution in [-0.4, -0.2) is 21.7 Å². The molecule has 0 radical (unpaired) electrons.